The van der Waals surface area contributed by atoms with Crippen molar-refractivity contribution in [3.05, 3.63) is 35.9 Å². The predicted molar refractivity (Wildman–Crippen MR) is 68.7 cm³/mol. The lowest BCUT2D eigenvalue weighted by Gasteiger charge is -2.01. The number of benzene rings is 1. The number of hydrogen-bond donors (Lipinski definition) is 3. The molecule has 0 saturated heterocycles. The minimum absolute atomic E-state index is 0.0309. The van der Waals surface area contributed by atoms with E-state index in [2.05, 4.69) is 10.4 Å². The maximum Gasteiger partial charge on any atom is 0.325 e. The van der Waals surface area contributed by atoms with E-state index in [0.717, 1.165) is 10.4 Å². The first-order valence-corrected chi connectivity index (χ1v) is 5.42. The maximum atomic E-state index is 10.7. The summed E-state index contributed by atoms with van der Waals surface area (Å²) in [5, 5.41) is 24.7. The number of carbonyl (C=O) groups is 1. The predicted octanol–water partition coefficient (Wildman–Crippen LogP) is 1.17. The average molecular weight is 257 g/mol. The number of para-hydroxylation sites is 1. The van der Waals surface area contributed by atoms with E-state index in [-0.39, 0.29) is 17.2 Å². The number of carboxylic acids is 1. The number of aliphatic carboxylic acids is 1. The Kier molecular flexibility index (Phi) is 3.34. The molecule has 0 spiro atoms. The minimum Gasteiger partial charge on any atom is -0.480 e. The molecular weight excluding hydrogens is 246 g/mol. The van der Waals surface area contributed by atoms with E-state index < -0.39 is 12.5 Å². The van der Waals surface area contributed by atoms with Gasteiger partial charge in [0.05, 0.1) is 0 Å². The summed E-state index contributed by atoms with van der Waals surface area (Å²) in [4.78, 5) is 10.7. The van der Waals surface area contributed by atoms with Crippen LogP contribution < -0.4 is 11.1 Å². The molecule has 0 aliphatic heterocycles. The molecule has 1 heterocycles. The Morgan fingerprint density at radius 3 is 2.74 bits per heavy atom. The van der Waals surface area contributed by atoms with Gasteiger partial charge in [0, 0.05) is 5.69 Å². The Hall–Kier alpha value is -3.01. The number of nitrogens with two attached hydrogens (primary N) is 1. The lowest BCUT2D eigenvalue weighted by molar-refractivity contribution is -0.137. The van der Waals surface area contributed by atoms with Crippen LogP contribution in [0.25, 0.3) is 0 Å². The highest BCUT2D eigenvalue weighted by Crippen LogP contribution is 2.23. The molecule has 0 fully saturated rings. The number of anilines is 3. The van der Waals surface area contributed by atoms with Crippen molar-refractivity contribution in [3.63, 3.8) is 0 Å². The van der Waals surface area contributed by atoms with Gasteiger partial charge < -0.3 is 16.2 Å². The lowest BCUT2D eigenvalue weighted by Crippen LogP contribution is -2.12. The van der Waals surface area contributed by atoms with Crippen molar-refractivity contribution in [2.45, 2.75) is 6.54 Å². The van der Waals surface area contributed by atoms with E-state index in [1.807, 2.05) is 24.3 Å². The maximum absolute atomic E-state index is 10.7. The molecule has 0 bridgehead atoms. The molecule has 7 heteroatoms. The highest BCUT2D eigenvalue weighted by molar-refractivity contribution is 5.72. The van der Waals surface area contributed by atoms with Gasteiger partial charge in [-0.1, -0.05) is 18.2 Å². The van der Waals surface area contributed by atoms with E-state index in [9.17, 15) is 4.79 Å². The van der Waals surface area contributed by atoms with Crippen molar-refractivity contribution in [2.24, 2.45) is 0 Å². The van der Waals surface area contributed by atoms with Gasteiger partial charge in [-0.05, 0) is 12.1 Å². The molecule has 19 heavy (non-hydrogen) atoms. The molecule has 0 aliphatic rings. The number of aromatic nitrogens is 2. The smallest absolute Gasteiger partial charge is 0.325 e. The van der Waals surface area contributed by atoms with Crippen LogP contribution in [0.5, 0.6) is 0 Å². The van der Waals surface area contributed by atoms with E-state index in [4.69, 9.17) is 16.1 Å². The van der Waals surface area contributed by atoms with Gasteiger partial charge in [0.1, 0.15) is 24.0 Å². The second-order valence-corrected chi connectivity index (χ2v) is 3.76. The first-order valence-electron chi connectivity index (χ1n) is 5.42. The summed E-state index contributed by atoms with van der Waals surface area (Å²) in [7, 11) is 0. The fraction of sp³-hybridized carbons (Fsp3) is 0.0833. The zero-order chi connectivity index (χ0) is 13.8. The number of carboxylic acid groups (broad SMARTS) is 1. The molecule has 0 saturated carbocycles. The second kappa shape index (κ2) is 5.10. The molecule has 1 aromatic carbocycles. The standard InChI is InChI=1S/C12H11N5O2/c13-6-9-11(14)17(7-10(18)19)16-12(9)15-8-4-2-1-3-5-8/h1-5H,7,14H2,(H,15,16)(H,18,19). The molecular formula is C12H11N5O2. The number of nitrogens with one attached hydrogen (secondary N) is 1. The van der Waals surface area contributed by atoms with Crippen LogP contribution in [-0.4, -0.2) is 20.9 Å². The largest absolute Gasteiger partial charge is 0.480 e. The van der Waals surface area contributed by atoms with Crippen LogP contribution in [0.15, 0.2) is 30.3 Å². The van der Waals surface area contributed by atoms with E-state index >= 15 is 0 Å². The van der Waals surface area contributed by atoms with Crippen LogP contribution in [0.3, 0.4) is 0 Å². The molecule has 0 radical (unpaired) electrons. The SMILES string of the molecule is N#Cc1c(Nc2ccccc2)nn(CC(=O)O)c1N. The molecule has 0 amide bonds. The number of nitrogen functional groups attached to an aromatic ring is 1. The third kappa shape index (κ3) is 2.63. The van der Waals surface area contributed by atoms with Crippen molar-refractivity contribution < 1.29 is 9.90 Å². The summed E-state index contributed by atoms with van der Waals surface area (Å²) in [6.45, 7) is -0.392. The highest BCUT2D eigenvalue weighted by Gasteiger charge is 2.16. The average Bonchev–Trinajstić information content (AvgIpc) is 2.66. The molecule has 96 valence electrons. The van der Waals surface area contributed by atoms with Gasteiger partial charge in [-0.2, -0.15) is 10.4 Å². The van der Waals surface area contributed by atoms with Crippen molar-refractivity contribution in [1.82, 2.24) is 9.78 Å². The Morgan fingerprint density at radius 2 is 2.16 bits per heavy atom. The topological polar surface area (TPSA) is 117 Å². The molecule has 2 aromatic rings. The normalized spacial score (nSPS) is 9.84. The van der Waals surface area contributed by atoms with Crippen LogP contribution >= 0.6 is 0 Å². The molecule has 2 rings (SSSR count). The zero-order valence-corrected chi connectivity index (χ0v) is 9.87. The highest BCUT2D eigenvalue weighted by atomic mass is 16.4. The van der Waals surface area contributed by atoms with E-state index in [1.54, 1.807) is 12.1 Å². The Morgan fingerprint density at radius 1 is 1.47 bits per heavy atom. The van der Waals surface area contributed by atoms with Crippen LogP contribution in [0.2, 0.25) is 0 Å². The van der Waals surface area contributed by atoms with Crippen LogP contribution in [0, 0.1) is 11.3 Å². The zero-order valence-electron chi connectivity index (χ0n) is 9.87. The summed E-state index contributed by atoms with van der Waals surface area (Å²) >= 11 is 0. The van der Waals surface area contributed by atoms with Gasteiger partial charge in [-0.15, -0.1) is 0 Å². The molecule has 0 atom stereocenters. The first-order chi connectivity index (χ1) is 9.11. The van der Waals surface area contributed by atoms with Gasteiger partial charge in [-0.25, -0.2) is 4.68 Å². The summed E-state index contributed by atoms with van der Waals surface area (Å²) in [6.07, 6.45) is 0. The molecule has 4 N–H and O–H groups in total. The fourth-order valence-electron chi connectivity index (χ4n) is 1.58. The molecule has 7 nitrogen and oxygen atoms in total. The van der Waals surface area contributed by atoms with Crippen LogP contribution in [-0.2, 0) is 11.3 Å². The monoisotopic (exact) mass is 257 g/mol. The minimum atomic E-state index is -1.08. The third-order valence-electron chi connectivity index (χ3n) is 2.43. The quantitative estimate of drug-likeness (QED) is 0.756. The number of nitrogens with zero attached hydrogens (tertiary/aromatic N) is 3. The van der Waals surface area contributed by atoms with Crippen molar-refractivity contribution in [1.29, 1.82) is 5.26 Å². The second-order valence-electron chi connectivity index (χ2n) is 3.76. The van der Waals surface area contributed by atoms with E-state index in [1.165, 1.54) is 0 Å². The van der Waals surface area contributed by atoms with Gasteiger partial charge >= 0.3 is 5.97 Å². The third-order valence-corrected chi connectivity index (χ3v) is 2.43. The van der Waals surface area contributed by atoms with Gasteiger partial charge in [-0.3, -0.25) is 4.79 Å². The number of rotatable bonds is 4. The van der Waals surface area contributed by atoms with Crippen molar-refractivity contribution in [3.8, 4) is 6.07 Å². The molecule has 1 aromatic heterocycles. The van der Waals surface area contributed by atoms with Crippen molar-refractivity contribution in [2.75, 3.05) is 11.1 Å². The first kappa shape index (κ1) is 12.4. The number of hydrogen-bond acceptors (Lipinski definition) is 5. The Balaban J connectivity index is 2.35. The van der Waals surface area contributed by atoms with Gasteiger partial charge in [0.2, 0.25) is 0 Å². The van der Waals surface area contributed by atoms with Gasteiger partial charge in [0.15, 0.2) is 5.82 Å². The van der Waals surface area contributed by atoms with Crippen LogP contribution in [0.1, 0.15) is 5.56 Å². The summed E-state index contributed by atoms with van der Waals surface area (Å²) in [5.74, 6) is -0.805. The van der Waals surface area contributed by atoms with Crippen molar-refractivity contribution >= 4 is 23.3 Å². The molecule has 0 aliphatic carbocycles. The summed E-state index contributed by atoms with van der Waals surface area (Å²) in [6, 6.07) is 11.0. The summed E-state index contributed by atoms with van der Waals surface area (Å²) in [5.41, 5.74) is 6.56. The summed E-state index contributed by atoms with van der Waals surface area (Å²) < 4.78 is 1.08. The fourth-order valence-corrected chi connectivity index (χ4v) is 1.58. The lowest BCUT2D eigenvalue weighted by atomic mass is 10.3. The van der Waals surface area contributed by atoms with E-state index in [0.29, 0.717) is 0 Å². The Bertz CT molecular complexity index is 642. The van der Waals surface area contributed by atoms with Crippen LogP contribution in [0.4, 0.5) is 17.3 Å². The van der Waals surface area contributed by atoms with Gasteiger partial charge in [0.25, 0.3) is 0 Å². The number of nitriles is 1. The Labute approximate surface area is 108 Å². The molecule has 0 unspecified atom stereocenters.